The summed E-state index contributed by atoms with van der Waals surface area (Å²) < 4.78 is 21.4. The molecule has 0 amide bonds. The number of fused-ring (bicyclic) bond motifs is 2. The molecular weight excluding hydrogens is 308 g/mol. The number of rotatable bonds is 7. The van der Waals surface area contributed by atoms with Gasteiger partial charge in [0.15, 0.2) is 23.0 Å². The lowest BCUT2D eigenvalue weighted by molar-refractivity contribution is 0.173. The van der Waals surface area contributed by atoms with Gasteiger partial charge in [-0.2, -0.15) is 0 Å². The first-order valence-corrected chi connectivity index (χ1v) is 8.11. The van der Waals surface area contributed by atoms with Crippen LogP contribution in [0.3, 0.4) is 0 Å². The molecule has 0 aliphatic carbocycles. The van der Waals surface area contributed by atoms with Gasteiger partial charge in [0.2, 0.25) is 13.6 Å². The quantitative estimate of drug-likeness (QED) is 0.599. The van der Waals surface area contributed by atoms with E-state index in [1.165, 1.54) is 11.1 Å². The SMILES string of the molecule is c1cc2c(cc1CCNNCCc1ccc3c(c1)OCO3)OCO2. The highest BCUT2D eigenvalue weighted by Crippen LogP contribution is 2.33. The first kappa shape index (κ1) is 15.1. The van der Waals surface area contributed by atoms with Crippen molar-refractivity contribution >= 4 is 0 Å². The average molecular weight is 328 g/mol. The van der Waals surface area contributed by atoms with Crippen LogP contribution >= 0.6 is 0 Å². The third-order valence-electron chi connectivity index (χ3n) is 4.08. The van der Waals surface area contributed by atoms with Crippen molar-refractivity contribution in [2.24, 2.45) is 0 Å². The molecule has 126 valence electrons. The van der Waals surface area contributed by atoms with Gasteiger partial charge in [-0.15, -0.1) is 0 Å². The Morgan fingerprint density at radius 3 is 1.58 bits per heavy atom. The van der Waals surface area contributed by atoms with Crippen molar-refractivity contribution in [3.8, 4) is 23.0 Å². The van der Waals surface area contributed by atoms with Crippen LogP contribution in [0.5, 0.6) is 23.0 Å². The van der Waals surface area contributed by atoms with E-state index in [1.54, 1.807) is 0 Å². The number of ether oxygens (including phenoxy) is 4. The molecule has 0 fully saturated rings. The normalized spacial score (nSPS) is 14.2. The second-order valence-corrected chi connectivity index (χ2v) is 5.73. The highest BCUT2D eigenvalue weighted by molar-refractivity contribution is 5.45. The molecular formula is C18H20N2O4. The first-order valence-electron chi connectivity index (χ1n) is 8.11. The molecule has 2 aromatic rings. The summed E-state index contributed by atoms with van der Waals surface area (Å²) in [6.07, 6.45) is 1.85. The monoisotopic (exact) mass is 328 g/mol. The highest BCUT2D eigenvalue weighted by Gasteiger charge is 2.13. The Balaban J connectivity index is 1.16. The molecule has 0 aromatic heterocycles. The van der Waals surface area contributed by atoms with E-state index >= 15 is 0 Å². The Hall–Kier alpha value is -2.44. The fraction of sp³-hybridized carbons (Fsp3) is 0.333. The van der Waals surface area contributed by atoms with E-state index in [-0.39, 0.29) is 0 Å². The lowest BCUT2D eigenvalue weighted by Gasteiger charge is -2.08. The summed E-state index contributed by atoms with van der Waals surface area (Å²) in [4.78, 5) is 0. The molecule has 0 atom stereocenters. The van der Waals surface area contributed by atoms with Crippen LogP contribution in [-0.2, 0) is 12.8 Å². The number of hydrogen-bond acceptors (Lipinski definition) is 6. The number of nitrogens with one attached hydrogen (secondary N) is 2. The minimum Gasteiger partial charge on any atom is -0.454 e. The van der Waals surface area contributed by atoms with Crippen molar-refractivity contribution < 1.29 is 18.9 Å². The smallest absolute Gasteiger partial charge is 0.231 e. The second kappa shape index (κ2) is 6.98. The molecule has 2 aliphatic heterocycles. The maximum atomic E-state index is 5.39. The predicted molar refractivity (Wildman–Crippen MR) is 88.5 cm³/mol. The summed E-state index contributed by atoms with van der Waals surface area (Å²) in [5.74, 6) is 3.33. The van der Waals surface area contributed by atoms with Crippen molar-refractivity contribution in [3.05, 3.63) is 47.5 Å². The molecule has 2 heterocycles. The molecule has 0 saturated carbocycles. The van der Waals surface area contributed by atoms with E-state index in [2.05, 4.69) is 23.0 Å². The van der Waals surface area contributed by atoms with Gasteiger partial charge in [-0.1, -0.05) is 12.1 Å². The zero-order valence-corrected chi connectivity index (χ0v) is 13.3. The van der Waals surface area contributed by atoms with Crippen LogP contribution in [0.2, 0.25) is 0 Å². The Kier molecular flexibility index (Phi) is 4.40. The van der Waals surface area contributed by atoms with Gasteiger partial charge in [0.05, 0.1) is 0 Å². The highest BCUT2D eigenvalue weighted by atomic mass is 16.7. The zero-order chi connectivity index (χ0) is 16.2. The summed E-state index contributed by atoms with van der Waals surface area (Å²) in [6.45, 7) is 2.33. The molecule has 2 N–H and O–H groups in total. The third kappa shape index (κ3) is 3.39. The molecule has 0 unspecified atom stereocenters. The van der Waals surface area contributed by atoms with E-state index in [9.17, 15) is 0 Å². The standard InChI is InChI=1S/C18H20N2O4/c1-3-15-17(23-11-21-15)9-13(1)5-7-19-20-8-6-14-2-4-16-18(10-14)24-12-22-16/h1-4,9-10,19-20H,5-8,11-12H2. The zero-order valence-electron chi connectivity index (χ0n) is 13.3. The maximum Gasteiger partial charge on any atom is 0.231 e. The van der Waals surface area contributed by atoms with Crippen molar-refractivity contribution in [2.75, 3.05) is 26.7 Å². The van der Waals surface area contributed by atoms with Crippen LogP contribution in [0.4, 0.5) is 0 Å². The molecule has 6 heteroatoms. The van der Waals surface area contributed by atoms with Crippen LogP contribution < -0.4 is 29.8 Å². The molecule has 24 heavy (non-hydrogen) atoms. The fourth-order valence-corrected chi connectivity index (χ4v) is 2.78. The molecule has 2 aromatic carbocycles. The minimum atomic E-state index is 0.318. The minimum absolute atomic E-state index is 0.318. The maximum absolute atomic E-state index is 5.39. The van der Waals surface area contributed by atoms with E-state index in [4.69, 9.17) is 18.9 Å². The third-order valence-corrected chi connectivity index (χ3v) is 4.08. The Morgan fingerprint density at radius 1 is 0.625 bits per heavy atom. The number of hydrazine groups is 1. The van der Waals surface area contributed by atoms with Gasteiger partial charge >= 0.3 is 0 Å². The van der Waals surface area contributed by atoms with Gasteiger partial charge in [0, 0.05) is 13.1 Å². The summed E-state index contributed by atoms with van der Waals surface area (Å²) in [6, 6.07) is 12.1. The predicted octanol–water partition coefficient (Wildman–Crippen LogP) is 2.02. The second-order valence-electron chi connectivity index (χ2n) is 5.73. The van der Waals surface area contributed by atoms with Gasteiger partial charge in [-0.05, 0) is 48.2 Å². The molecule has 0 spiro atoms. The van der Waals surface area contributed by atoms with Crippen molar-refractivity contribution in [1.82, 2.24) is 10.9 Å². The summed E-state index contributed by atoms with van der Waals surface area (Å²) in [7, 11) is 0. The van der Waals surface area contributed by atoms with Crippen molar-refractivity contribution in [2.45, 2.75) is 12.8 Å². The van der Waals surface area contributed by atoms with Gasteiger partial charge in [-0.3, -0.25) is 10.9 Å². The summed E-state index contributed by atoms with van der Waals surface area (Å²) in [5.41, 5.74) is 8.94. The number of benzene rings is 2. The Morgan fingerprint density at radius 2 is 1.08 bits per heavy atom. The van der Waals surface area contributed by atoms with Gasteiger partial charge in [0.1, 0.15) is 0 Å². The van der Waals surface area contributed by atoms with E-state index in [0.717, 1.165) is 48.9 Å². The topological polar surface area (TPSA) is 61.0 Å². The molecule has 0 saturated heterocycles. The van der Waals surface area contributed by atoms with Crippen LogP contribution in [0.25, 0.3) is 0 Å². The van der Waals surface area contributed by atoms with E-state index < -0.39 is 0 Å². The Labute approximate surface area is 140 Å². The van der Waals surface area contributed by atoms with E-state index in [1.807, 2.05) is 24.3 Å². The fourth-order valence-electron chi connectivity index (χ4n) is 2.78. The van der Waals surface area contributed by atoms with Crippen LogP contribution in [0, 0.1) is 0 Å². The van der Waals surface area contributed by atoms with E-state index in [0.29, 0.717) is 13.6 Å². The largest absolute Gasteiger partial charge is 0.454 e. The van der Waals surface area contributed by atoms with Gasteiger partial charge in [0.25, 0.3) is 0 Å². The molecule has 0 bridgehead atoms. The van der Waals surface area contributed by atoms with Crippen LogP contribution in [0.15, 0.2) is 36.4 Å². The lowest BCUT2D eigenvalue weighted by Crippen LogP contribution is -2.34. The lowest BCUT2D eigenvalue weighted by atomic mass is 10.1. The van der Waals surface area contributed by atoms with Crippen LogP contribution in [0.1, 0.15) is 11.1 Å². The molecule has 2 aliphatic rings. The average Bonchev–Trinajstić information content (AvgIpc) is 3.25. The van der Waals surface area contributed by atoms with Crippen molar-refractivity contribution in [3.63, 3.8) is 0 Å². The molecule has 6 nitrogen and oxygen atoms in total. The number of hydrogen-bond donors (Lipinski definition) is 2. The summed E-state index contributed by atoms with van der Waals surface area (Å²) >= 11 is 0. The molecule has 4 rings (SSSR count). The first-order chi connectivity index (χ1) is 11.9. The van der Waals surface area contributed by atoms with Gasteiger partial charge < -0.3 is 18.9 Å². The summed E-state index contributed by atoms with van der Waals surface area (Å²) in [5, 5.41) is 0. The molecule has 0 radical (unpaired) electrons. The van der Waals surface area contributed by atoms with Crippen molar-refractivity contribution in [1.29, 1.82) is 0 Å². The van der Waals surface area contributed by atoms with Crippen LogP contribution in [-0.4, -0.2) is 26.7 Å². The van der Waals surface area contributed by atoms with Gasteiger partial charge in [-0.25, -0.2) is 0 Å². The Bertz CT molecular complexity index is 659.